The number of thiazole rings is 1. The molecule has 0 atom stereocenters. The average Bonchev–Trinajstić information content (AvgIpc) is 2.96. The number of rotatable bonds is 6. The quantitative estimate of drug-likeness (QED) is 0.549. The Morgan fingerprint density at radius 1 is 1.29 bits per heavy atom. The van der Waals surface area contributed by atoms with Crippen molar-refractivity contribution in [2.45, 2.75) is 40.0 Å². The van der Waals surface area contributed by atoms with Gasteiger partial charge in [-0.15, -0.1) is 11.3 Å². The highest BCUT2D eigenvalue weighted by atomic mass is 32.1. The third-order valence-corrected chi connectivity index (χ3v) is 3.72. The summed E-state index contributed by atoms with van der Waals surface area (Å²) in [7, 11) is 0. The van der Waals surface area contributed by atoms with Crippen LogP contribution in [0.5, 0.6) is 0 Å². The summed E-state index contributed by atoms with van der Waals surface area (Å²) < 4.78 is 0. The van der Waals surface area contributed by atoms with Crippen molar-refractivity contribution in [3.63, 3.8) is 0 Å². The lowest BCUT2D eigenvalue weighted by atomic mass is 10.1. The maximum absolute atomic E-state index is 10.3. The van der Waals surface area contributed by atoms with Gasteiger partial charge in [0.25, 0.3) is 0 Å². The van der Waals surface area contributed by atoms with Gasteiger partial charge >= 0.3 is 0 Å². The minimum absolute atomic E-state index is 0.542. The van der Waals surface area contributed by atoms with Crippen molar-refractivity contribution in [2.75, 3.05) is 0 Å². The van der Waals surface area contributed by atoms with Crippen LogP contribution in [0.4, 0.5) is 0 Å². The third kappa shape index (κ3) is 5.64. The van der Waals surface area contributed by atoms with Crippen molar-refractivity contribution in [3.8, 4) is 10.6 Å². The van der Waals surface area contributed by atoms with Gasteiger partial charge in [-0.1, -0.05) is 50.3 Å². The number of allylic oxidation sites excluding steroid dienone is 1. The van der Waals surface area contributed by atoms with Crippen molar-refractivity contribution in [2.24, 2.45) is 0 Å². The number of aryl methyl sites for hydroxylation is 1. The first-order valence-corrected chi connectivity index (χ1v) is 8.18. The molecule has 0 radical (unpaired) electrons. The molecule has 0 saturated heterocycles. The number of aromatic nitrogens is 1. The summed E-state index contributed by atoms with van der Waals surface area (Å²) in [6, 6.07) is 8.44. The zero-order valence-corrected chi connectivity index (χ0v) is 13.9. The maximum atomic E-state index is 10.3. The first-order valence-electron chi connectivity index (χ1n) is 7.31. The fourth-order valence-electron chi connectivity index (χ4n) is 1.87. The number of carbonyl (C=O) groups excluding carboxylic acids is 1. The maximum Gasteiger partial charge on any atom is 0.123 e. The summed E-state index contributed by atoms with van der Waals surface area (Å²) >= 11 is 1.63. The van der Waals surface area contributed by atoms with Crippen molar-refractivity contribution < 1.29 is 4.79 Å². The smallest absolute Gasteiger partial charge is 0.123 e. The molecule has 21 heavy (non-hydrogen) atoms. The van der Waals surface area contributed by atoms with Crippen LogP contribution in [0.25, 0.3) is 10.6 Å². The zero-order valence-electron chi connectivity index (χ0n) is 13.1. The molecule has 1 aromatic heterocycles. The number of carbonyl (C=O) groups is 1. The van der Waals surface area contributed by atoms with Crippen LogP contribution in [0.2, 0.25) is 0 Å². The highest BCUT2D eigenvalue weighted by molar-refractivity contribution is 7.13. The first-order chi connectivity index (χ1) is 10.2. The molecule has 112 valence electrons. The Kier molecular flexibility index (Phi) is 7.62. The van der Waals surface area contributed by atoms with E-state index in [1.165, 1.54) is 5.56 Å². The van der Waals surface area contributed by atoms with Crippen LogP contribution < -0.4 is 0 Å². The number of nitrogens with zero attached hydrogens (tertiary/aromatic N) is 1. The topological polar surface area (TPSA) is 30.0 Å². The van der Waals surface area contributed by atoms with Crippen molar-refractivity contribution in [3.05, 3.63) is 53.1 Å². The molecule has 0 fully saturated rings. The normalized spacial score (nSPS) is 9.67. The number of aldehydes is 1. The van der Waals surface area contributed by atoms with Crippen LogP contribution in [-0.4, -0.2) is 11.3 Å². The molecule has 2 rings (SSSR count). The van der Waals surface area contributed by atoms with Gasteiger partial charge in [0.1, 0.15) is 11.3 Å². The lowest BCUT2D eigenvalue weighted by Gasteiger charge is -2.01. The minimum atomic E-state index is 0.542. The molecule has 0 bridgehead atoms. The van der Waals surface area contributed by atoms with E-state index >= 15 is 0 Å². The van der Waals surface area contributed by atoms with Gasteiger partial charge in [0.05, 0.1) is 5.69 Å². The third-order valence-electron chi connectivity index (χ3n) is 2.78. The van der Waals surface area contributed by atoms with Crippen LogP contribution >= 0.6 is 11.3 Å². The number of hydrogen-bond donors (Lipinski definition) is 0. The summed E-state index contributed by atoms with van der Waals surface area (Å²) in [5, 5.41) is 3.04. The second kappa shape index (κ2) is 9.24. The molecule has 0 unspecified atom stereocenters. The van der Waals surface area contributed by atoms with Crippen LogP contribution in [0, 0.1) is 0 Å². The van der Waals surface area contributed by atoms with Gasteiger partial charge in [-0.05, 0) is 25.3 Å². The molecule has 0 N–H and O–H groups in total. The fraction of sp³-hybridized carbons (Fsp3) is 0.333. The van der Waals surface area contributed by atoms with E-state index in [9.17, 15) is 4.79 Å². The van der Waals surface area contributed by atoms with Crippen molar-refractivity contribution >= 4 is 17.6 Å². The molecule has 0 spiro atoms. The molecule has 0 aliphatic carbocycles. The molecule has 2 aromatic rings. The SMILES string of the molecule is C=C(C)Cc1ccc(-c2nc(CCC=O)cs2)cc1.CC. The van der Waals surface area contributed by atoms with Crippen molar-refractivity contribution in [1.82, 2.24) is 4.98 Å². The van der Waals surface area contributed by atoms with Gasteiger partial charge in [-0.3, -0.25) is 0 Å². The highest BCUT2D eigenvalue weighted by Gasteiger charge is 2.04. The second-order valence-electron chi connectivity index (χ2n) is 4.68. The van der Waals surface area contributed by atoms with E-state index in [2.05, 4.69) is 35.8 Å². The Morgan fingerprint density at radius 3 is 2.52 bits per heavy atom. The van der Waals surface area contributed by atoms with Gasteiger partial charge in [-0.2, -0.15) is 0 Å². The Balaban J connectivity index is 0.00000106. The summed E-state index contributed by atoms with van der Waals surface area (Å²) in [6.07, 6.45) is 3.13. The molecule has 2 nitrogen and oxygen atoms in total. The lowest BCUT2D eigenvalue weighted by Crippen LogP contribution is -1.87. The summed E-state index contributed by atoms with van der Waals surface area (Å²) in [5.74, 6) is 0. The van der Waals surface area contributed by atoms with E-state index in [1.807, 2.05) is 26.2 Å². The molecule has 1 heterocycles. The van der Waals surface area contributed by atoms with Crippen molar-refractivity contribution in [1.29, 1.82) is 0 Å². The summed E-state index contributed by atoms with van der Waals surface area (Å²) in [6.45, 7) is 9.96. The second-order valence-corrected chi connectivity index (χ2v) is 5.54. The van der Waals surface area contributed by atoms with E-state index in [1.54, 1.807) is 11.3 Å². The largest absolute Gasteiger partial charge is 0.303 e. The van der Waals surface area contributed by atoms with Gasteiger partial charge < -0.3 is 4.79 Å². The van der Waals surface area contributed by atoms with Gasteiger partial charge in [0, 0.05) is 17.4 Å². The molecular formula is C18H23NOS. The van der Waals surface area contributed by atoms with Crippen LogP contribution in [-0.2, 0) is 17.6 Å². The minimum Gasteiger partial charge on any atom is -0.303 e. The highest BCUT2D eigenvalue weighted by Crippen LogP contribution is 2.24. The first kappa shape index (κ1) is 17.3. The summed E-state index contributed by atoms with van der Waals surface area (Å²) in [5.41, 5.74) is 4.57. The molecular weight excluding hydrogens is 278 g/mol. The van der Waals surface area contributed by atoms with Crippen LogP contribution in [0.1, 0.15) is 38.4 Å². The number of benzene rings is 1. The molecule has 0 aliphatic rings. The Labute approximate surface area is 131 Å². The average molecular weight is 301 g/mol. The molecule has 0 amide bonds. The molecule has 0 aliphatic heterocycles. The van der Waals surface area contributed by atoms with Gasteiger partial charge in [-0.25, -0.2) is 4.98 Å². The van der Waals surface area contributed by atoms with E-state index < -0.39 is 0 Å². The monoisotopic (exact) mass is 301 g/mol. The standard InChI is InChI=1S/C16H17NOS.C2H6/c1-12(2)10-13-5-7-14(8-6-13)16-17-15(11-19-16)4-3-9-18;1-2/h5-9,11H,1,3-4,10H2,2H3;1-2H3. The van der Waals surface area contributed by atoms with E-state index in [0.717, 1.165) is 41.0 Å². The predicted molar refractivity (Wildman–Crippen MR) is 91.8 cm³/mol. The Morgan fingerprint density at radius 2 is 1.95 bits per heavy atom. The van der Waals surface area contributed by atoms with E-state index in [-0.39, 0.29) is 0 Å². The van der Waals surface area contributed by atoms with Gasteiger partial charge in [0.15, 0.2) is 0 Å². The fourth-order valence-corrected chi connectivity index (χ4v) is 2.74. The van der Waals surface area contributed by atoms with E-state index in [0.29, 0.717) is 6.42 Å². The Hall–Kier alpha value is -1.74. The molecule has 1 aromatic carbocycles. The predicted octanol–water partition coefficient (Wildman–Crippen LogP) is 5.09. The molecule has 0 saturated carbocycles. The van der Waals surface area contributed by atoms with Crippen LogP contribution in [0.15, 0.2) is 41.8 Å². The van der Waals surface area contributed by atoms with Gasteiger partial charge in [0.2, 0.25) is 0 Å². The van der Waals surface area contributed by atoms with Crippen LogP contribution in [0.3, 0.4) is 0 Å². The molecule has 3 heteroatoms. The zero-order chi connectivity index (χ0) is 15.7. The van der Waals surface area contributed by atoms with E-state index in [4.69, 9.17) is 0 Å². The lowest BCUT2D eigenvalue weighted by molar-refractivity contribution is -0.107. The summed E-state index contributed by atoms with van der Waals surface area (Å²) in [4.78, 5) is 14.9. The number of hydrogen-bond acceptors (Lipinski definition) is 3. The Bertz CT molecular complexity index is 569.